The van der Waals surface area contributed by atoms with Crippen LogP contribution >= 0.6 is 0 Å². The zero-order chi connectivity index (χ0) is 13.2. The number of para-hydroxylation sites is 2. The van der Waals surface area contributed by atoms with Gasteiger partial charge in [0.25, 0.3) is 0 Å². The minimum Gasteiger partial charge on any atom is -0.495 e. The predicted octanol–water partition coefficient (Wildman–Crippen LogP) is 3.26. The molecule has 2 aromatic rings. The van der Waals surface area contributed by atoms with Crippen LogP contribution in [0.15, 0.2) is 42.5 Å². The molecule has 2 aromatic carbocycles. The van der Waals surface area contributed by atoms with Crippen LogP contribution in [0, 0.1) is 0 Å². The van der Waals surface area contributed by atoms with Crippen LogP contribution in [-0.4, -0.2) is 14.2 Å². The Hall–Kier alpha value is -2.16. The molecule has 0 atom stereocenters. The number of anilines is 2. The molecule has 1 aliphatic heterocycles. The van der Waals surface area contributed by atoms with Crippen molar-refractivity contribution in [2.45, 2.75) is 13.1 Å². The minimum atomic E-state index is 0.923. The molecule has 0 aromatic heterocycles. The third-order valence-electron chi connectivity index (χ3n) is 3.68. The standard InChI is InChI=1S/C16H18N2O/c1-17-14-7-5-6-12-10-18(11-13(12)14)15-8-3-4-9-16(15)19-2/h3-9,17H,10-11H2,1-2H3. The van der Waals surface area contributed by atoms with Crippen molar-refractivity contribution in [1.82, 2.24) is 0 Å². The quantitative estimate of drug-likeness (QED) is 0.910. The molecule has 0 fully saturated rings. The van der Waals surface area contributed by atoms with Gasteiger partial charge in [0.05, 0.1) is 12.8 Å². The Labute approximate surface area is 113 Å². The Morgan fingerprint density at radius 3 is 2.68 bits per heavy atom. The lowest BCUT2D eigenvalue weighted by Crippen LogP contribution is -2.15. The van der Waals surface area contributed by atoms with Crippen LogP contribution in [-0.2, 0) is 13.1 Å². The van der Waals surface area contributed by atoms with Crippen molar-refractivity contribution < 1.29 is 4.74 Å². The Kier molecular flexibility index (Phi) is 3.03. The lowest BCUT2D eigenvalue weighted by molar-refractivity contribution is 0.414. The number of ether oxygens (including phenoxy) is 1. The summed E-state index contributed by atoms with van der Waals surface area (Å²) in [6, 6.07) is 14.6. The molecule has 98 valence electrons. The van der Waals surface area contributed by atoms with Gasteiger partial charge < -0.3 is 15.0 Å². The first-order valence-electron chi connectivity index (χ1n) is 6.50. The Bertz CT molecular complexity index is 595. The van der Waals surface area contributed by atoms with Crippen LogP contribution in [0.2, 0.25) is 0 Å². The molecular weight excluding hydrogens is 236 g/mol. The fourth-order valence-electron chi connectivity index (χ4n) is 2.72. The van der Waals surface area contributed by atoms with Gasteiger partial charge in [0.15, 0.2) is 0 Å². The molecule has 0 saturated heterocycles. The zero-order valence-corrected chi connectivity index (χ0v) is 11.3. The highest BCUT2D eigenvalue weighted by molar-refractivity contribution is 5.65. The molecule has 19 heavy (non-hydrogen) atoms. The van der Waals surface area contributed by atoms with E-state index >= 15 is 0 Å². The van der Waals surface area contributed by atoms with Gasteiger partial charge >= 0.3 is 0 Å². The topological polar surface area (TPSA) is 24.5 Å². The summed E-state index contributed by atoms with van der Waals surface area (Å²) in [5.74, 6) is 0.932. The molecule has 0 aliphatic carbocycles. The van der Waals surface area contributed by atoms with Gasteiger partial charge in [-0.15, -0.1) is 0 Å². The van der Waals surface area contributed by atoms with E-state index in [1.165, 1.54) is 16.8 Å². The summed E-state index contributed by atoms with van der Waals surface area (Å²) in [5, 5.41) is 3.27. The van der Waals surface area contributed by atoms with Gasteiger partial charge in [0, 0.05) is 25.8 Å². The van der Waals surface area contributed by atoms with Crippen LogP contribution in [0.1, 0.15) is 11.1 Å². The first kappa shape index (κ1) is 11.9. The average Bonchev–Trinajstić information content (AvgIpc) is 2.90. The van der Waals surface area contributed by atoms with Gasteiger partial charge in [-0.2, -0.15) is 0 Å². The molecule has 0 saturated carbocycles. The van der Waals surface area contributed by atoms with Gasteiger partial charge in [-0.1, -0.05) is 24.3 Å². The highest BCUT2D eigenvalue weighted by atomic mass is 16.5. The number of fused-ring (bicyclic) bond motifs is 1. The summed E-state index contributed by atoms with van der Waals surface area (Å²) in [6.07, 6.45) is 0. The smallest absolute Gasteiger partial charge is 0.142 e. The van der Waals surface area contributed by atoms with Crippen LogP contribution in [0.3, 0.4) is 0 Å². The largest absolute Gasteiger partial charge is 0.495 e. The fraction of sp³-hybridized carbons (Fsp3) is 0.250. The van der Waals surface area contributed by atoms with E-state index in [9.17, 15) is 0 Å². The molecule has 1 aliphatic rings. The Morgan fingerprint density at radius 2 is 1.89 bits per heavy atom. The van der Waals surface area contributed by atoms with Gasteiger partial charge in [-0.05, 0) is 29.3 Å². The maximum absolute atomic E-state index is 5.46. The first-order valence-corrected chi connectivity index (χ1v) is 6.50. The van der Waals surface area contributed by atoms with E-state index in [0.717, 1.165) is 24.5 Å². The van der Waals surface area contributed by atoms with Gasteiger partial charge in [0.1, 0.15) is 5.75 Å². The maximum atomic E-state index is 5.46. The minimum absolute atomic E-state index is 0.923. The number of hydrogen-bond acceptors (Lipinski definition) is 3. The highest BCUT2D eigenvalue weighted by Gasteiger charge is 2.23. The van der Waals surface area contributed by atoms with Crippen LogP contribution < -0.4 is 15.0 Å². The van der Waals surface area contributed by atoms with E-state index in [4.69, 9.17) is 4.74 Å². The summed E-state index contributed by atoms with van der Waals surface area (Å²) >= 11 is 0. The highest BCUT2D eigenvalue weighted by Crippen LogP contribution is 2.36. The van der Waals surface area contributed by atoms with Crippen molar-refractivity contribution in [3.05, 3.63) is 53.6 Å². The molecule has 0 unspecified atom stereocenters. The van der Waals surface area contributed by atoms with Crippen LogP contribution in [0.25, 0.3) is 0 Å². The molecule has 1 heterocycles. The predicted molar refractivity (Wildman–Crippen MR) is 78.9 cm³/mol. The second-order valence-corrected chi connectivity index (χ2v) is 4.72. The Morgan fingerprint density at radius 1 is 1.05 bits per heavy atom. The molecule has 0 spiro atoms. The van der Waals surface area contributed by atoms with Crippen LogP contribution in [0.5, 0.6) is 5.75 Å². The third-order valence-corrected chi connectivity index (χ3v) is 3.68. The maximum Gasteiger partial charge on any atom is 0.142 e. The van der Waals surface area contributed by atoms with Crippen molar-refractivity contribution in [3.63, 3.8) is 0 Å². The second-order valence-electron chi connectivity index (χ2n) is 4.72. The summed E-state index contributed by atoms with van der Waals surface area (Å²) in [6.45, 7) is 1.86. The van der Waals surface area contributed by atoms with E-state index in [1.54, 1.807) is 7.11 Å². The van der Waals surface area contributed by atoms with Crippen LogP contribution in [0.4, 0.5) is 11.4 Å². The number of rotatable bonds is 3. The van der Waals surface area contributed by atoms with E-state index in [0.29, 0.717) is 0 Å². The fourth-order valence-corrected chi connectivity index (χ4v) is 2.72. The van der Waals surface area contributed by atoms with Crippen molar-refractivity contribution in [2.75, 3.05) is 24.4 Å². The lowest BCUT2D eigenvalue weighted by Gasteiger charge is -2.20. The number of nitrogens with one attached hydrogen (secondary N) is 1. The first-order chi connectivity index (χ1) is 9.33. The monoisotopic (exact) mass is 254 g/mol. The number of hydrogen-bond donors (Lipinski definition) is 1. The molecular formula is C16H18N2O. The van der Waals surface area contributed by atoms with E-state index in [-0.39, 0.29) is 0 Å². The van der Waals surface area contributed by atoms with Crippen molar-refractivity contribution >= 4 is 11.4 Å². The zero-order valence-electron chi connectivity index (χ0n) is 11.3. The summed E-state index contributed by atoms with van der Waals surface area (Å²) in [7, 11) is 3.70. The molecule has 0 bridgehead atoms. The number of methoxy groups -OCH3 is 1. The average molecular weight is 254 g/mol. The van der Waals surface area contributed by atoms with Crippen molar-refractivity contribution in [2.24, 2.45) is 0 Å². The molecule has 3 nitrogen and oxygen atoms in total. The van der Waals surface area contributed by atoms with Crippen molar-refractivity contribution in [1.29, 1.82) is 0 Å². The SMILES string of the molecule is CNc1cccc2c1CN(c1ccccc1OC)C2. The van der Waals surface area contributed by atoms with E-state index in [2.05, 4.69) is 40.5 Å². The third kappa shape index (κ3) is 2.01. The normalized spacial score (nSPS) is 13.3. The van der Waals surface area contributed by atoms with Crippen molar-refractivity contribution in [3.8, 4) is 5.75 Å². The number of benzene rings is 2. The second kappa shape index (κ2) is 4.84. The molecule has 3 heteroatoms. The van der Waals surface area contributed by atoms with E-state index < -0.39 is 0 Å². The van der Waals surface area contributed by atoms with Gasteiger partial charge in [0.2, 0.25) is 0 Å². The molecule has 3 rings (SSSR count). The molecule has 0 amide bonds. The Balaban J connectivity index is 1.95. The number of nitrogens with zero attached hydrogens (tertiary/aromatic N) is 1. The lowest BCUT2D eigenvalue weighted by atomic mass is 10.1. The van der Waals surface area contributed by atoms with E-state index in [1.807, 2.05) is 19.2 Å². The summed E-state index contributed by atoms with van der Waals surface area (Å²) in [4.78, 5) is 2.35. The summed E-state index contributed by atoms with van der Waals surface area (Å²) in [5.41, 5.74) is 5.15. The summed E-state index contributed by atoms with van der Waals surface area (Å²) < 4.78 is 5.46. The molecule has 1 N–H and O–H groups in total. The molecule has 0 radical (unpaired) electrons. The van der Waals surface area contributed by atoms with Gasteiger partial charge in [-0.3, -0.25) is 0 Å². The van der Waals surface area contributed by atoms with Gasteiger partial charge in [-0.25, -0.2) is 0 Å².